The number of aliphatic carboxylic acids is 1. The molecule has 4 aliphatic rings. The standard InChI is InChI=1S/C38H64O5S2/c1-24(12-11-18-34(4,5)43-33(42)26(3)23-45-44-22-25(2)32(40)41)27-15-20-38(10)29-13-14-30-35(6,7)31(39)17-19-36(30,8)28(29)16-21-37(27,38)9/h24-27,30-31,39H,11-23H2,1-10H3,(H,40,41)/t24-,25?,26?,27-,30+,31?,36-,37-,38+/m1/s1. The van der Waals surface area contributed by atoms with Crippen molar-refractivity contribution in [2.45, 2.75) is 152 Å². The van der Waals surface area contributed by atoms with Gasteiger partial charge in [0.15, 0.2) is 0 Å². The molecule has 9 atom stereocenters. The number of hydrogen-bond donors (Lipinski definition) is 2. The number of carboxylic acid groups (broad SMARTS) is 1. The number of fused-ring (bicyclic) bond motifs is 4. The maximum Gasteiger partial charge on any atom is 0.310 e. The van der Waals surface area contributed by atoms with Crippen LogP contribution in [0, 0.1) is 51.2 Å². The Balaban J connectivity index is 1.32. The van der Waals surface area contributed by atoms with E-state index in [1.165, 1.54) is 55.7 Å². The lowest BCUT2D eigenvalue weighted by Gasteiger charge is -2.62. The molecule has 7 heteroatoms. The quantitative estimate of drug-likeness (QED) is 0.0877. The minimum atomic E-state index is -0.782. The lowest BCUT2D eigenvalue weighted by Crippen LogP contribution is -2.55. The maximum absolute atomic E-state index is 12.9. The van der Waals surface area contributed by atoms with Crippen molar-refractivity contribution >= 4 is 33.5 Å². The highest BCUT2D eigenvalue weighted by Crippen LogP contribution is 2.72. The van der Waals surface area contributed by atoms with Crippen LogP contribution < -0.4 is 0 Å². The molecule has 0 bridgehead atoms. The Morgan fingerprint density at radius 1 is 0.911 bits per heavy atom. The molecule has 0 amide bonds. The highest BCUT2D eigenvalue weighted by molar-refractivity contribution is 8.76. The monoisotopic (exact) mass is 664 g/mol. The predicted molar refractivity (Wildman–Crippen MR) is 189 cm³/mol. The lowest BCUT2D eigenvalue weighted by atomic mass is 9.43. The second kappa shape index (κ2) is 13.7. The molecular formula is C38H64O5S2. The van der Waals surface area contributed by atoms with Crippen LogP contribution in [0.25, 0.3) is 0 Å². The van der Waals surface area contributed by atoms with Gasteiger partial charge in [-0.3, -0.25) is 9.59 Å². The average Bonchev–Trinajstić information content (AvgIpc) is 3.23. The molecule has 2 fully saturated rings. The summed E-state index contributed by atoms with van der Waals surface area (Å²) in [5.41, 5.74) is 3.94. The highest BCUT2D eigenvalue weighted by atomic mass is 33.1. The van der Waals surface area contributed by atoms with Crippen LogP contribution >= 0.6 is 21.6 Å². The van der Waals surface area contributed by atoms with Crippen molar-refractivity contribution in [3.8, 4) is 0 Å². The Morgan fingerprint density at radius 2 is 1.56 bits per heavy atom. The van der Waals surface area contributed by atoms with E-state index >= 15 is 0 Å². The van der Waals surface area contributed by atoms with E-state index in [-0.39, 0.29) is 40.2 Å². The van der Waals surface area contributed by atoms with Gasteiger partial charge < -0.3 is 14.9 Å². The van der Waals surface area contributed by atoms with E-state index in [0.717, 1.165) is 31.6 Å². The number of rotatable bonds is 13. The molecule has 2 saturated carbocycles. The summed E-state index contributed by atoms with van der Waals surface area (Å²) in [6.45, 7) is 22.6. The highest BCUT2D eigenvalue weighted by Gasteiger charge is 2.63. The smallest absolute Gasteiger partial charge is 0.310 e. The number of allylic oxidation sites excluding steroid dienone is 2. The van der Waals surface area contributed by atoms with Gasteiger partial charge in [0.25, 0.3) is 0 Å². The number of ether oxygens (including phenoxy) is 1. The van der Waals surface area contributed by atoms with Crippen molar-refractivity contribution in [2.75, 3.05) is 11.5 Å². The third-order valence-electron chi connectivity index (χ3n) is 13.8. The van der Waals surface area contributed by atoms with Crippen LogP contribution in [0.1, 0.15) is 140 Å². The summed E-state index contributed by atoms with van der Waals surface area (Å²) in [4.78, 5) is 23.9. The van der Waals surface area contributed by atoms with Gasteiger partial charge in [-0.2, -0.15) is 0 Å². The topological polar surface area (TPSA) is 83.8 Å². The molecule has 0 aliphatic heterocycles. The van der Waals surface area contributed by atoms with E-state index in [9.17, 15) is 14.7 Å². The molecule has 0 aromatic rings. The molecule has 3 unspecified atom stereocenters. The van der Waals surface area contributed by atoms with E-state index in [1.54, 1.807) is 23.3 Å². The van der Waals surface area contributed by atoms with E-state index in [2.05, 4.69) is 41.5 Å². The summed E-state index contributed by atoms with van der Waals surface area (Å²) >= 11 is 0. The fourth-order valence-corrected chi connectivity index (χ4v) is 13.2. The molecule has 4 rings (SSSR count). The van der Waals surface area contributed by atoms with Crippen molar-refractivity contribution in [1.82, 2.24) is 0 Å². The van der Waals surface area contributed by atoms with Crippen molar-refractivity contribution in [3.05, 3.63) is 11.1 Å². The number of esters is 1. The molecular weight excluding hydrogens is 601 g/mol. The van der Waals surface area contributed by atoms with Gasteiger partial charge >= 0.3 is 11.9 Å². The van der Waals surface area contributed by atoms with Gasteiger partial charge in [-0.15, -0.1) is 0 Å². The number of hydrogen-bond acceptors (Lipinski definition) is 6. The SMILES string of the molecule is CC(CSSCC(C)C(=O)OC(C)(C)CCC[C@@H](C)[C@H]1CC[C@@]2(C)C3=C(CC[C@]12C)[C@@]1(C)CCC(O)C(C)(C)[C@@H]1CC3)C(=O)O. The van der Waals surface area contributed by atoms with Crippen LogP contribution in [0.4, 0.5) is 0 Å². The average molecular weight is 665 g/mol. The van der Waals surface area contributed by atoms with Crippen molar-refractivity contribution in [3.63, 3.8) is 0 Å². The maximum atomic E-state index is 12.9. The number of aliphatic hydroxyl groups is 1. The summed E-state index contributed by atoms with van der Waals surface area (Å²) in [5, 5.41) is 20.0. The Labute approximate surface area is 282 Å². The Kier molecular flexibility index (Phi) is 11.3. The lowest BCUT2D eigenvalue weighted by molar-refractivity contribution is -0.160. The molecule has 0 spiro atoms. The molecule has 0 aromatic heterocycles. The van der Waals surface area contributed by atoms with Crippen LogP contribution in [0.15, 0.2) is 11.1 Å². The summed E-state index contributed by atoms with van der Waals surface area (Å²) in [6, 6.07) is 0. The fourth-order valence-electron chi connectivity index (χ4n) is 10.5. The van der Waals surface area contributed by atoms with Gasteiger partial charge in [0, 0.05) is 11.5 Å². The van der Waals surface area contributed by atoms with E-state index in [0.29, 0.717) is 28.8 Å². The van der Waals surface area contributed by atoms with Gasteiger partial charge in [0.05, 0.1) is 17.9 Å². The molecule has 4 aliphatic carbocycles. The van der Waals surface area contributed by atoms with Gasteiger partial charge in [0.2, 0.25) is 0 Å². The van der Waals surface area contributed by atoms with Crippen LogP contribution in [-0.4, -0.2) is 45.4 Å². The van der Waals surface area contributed by atoms with Crippen molar-refractivity contribution in [2.24, 2.45) is 51.2 Å². The Hall–Kier alpha value is -0.660. The molecule has 0 heterocycles. The number of carboxylic acids is 1. The van der Waals surface area contributed by atoms with Crippen LogP contribution in [0.2, 0.25) is 0 Å². The van der Waals surface area contributed by atoms with Gasteiger partial charge in [-0.1, -0.05) is 94.5 Å². The Morgan fingerprint density at radius 3 is 2.20 bits per heavy atom. The molecule has 2 N–H and O–H groups in total. The first kappa shape index (κ1) is 37.2. The normalized spacial score (nSPS) is 36.4. The van der Waals surface area contributed by atoms with Gasteiger partial charge in [-0.05, 0) is 117 Å². The van der Waals surface area contributed by atoms with Crippen molar-refractivity contribution < 1.29 is 24.5 Å². The summed E-state index contributed by atoms with van der Waals surface area (Å²) < 4.78 is 6.00. The fraction of sp³-hybridized carbons (Fsp3) is 0.895. The zero-order valence-corrected chi connectivity index (χ0v) is 31.7. The third-order valence-corrected chi connectivity index (χ3v) is 16.6. The Bertz CT molecular complexity index is 1130. The first-order valence-electron chi connectivity index (χ1n) is 17.9. The summed E-state index contributed by atoms with van der Waals surface area (Å²) in [5.74, 6) is 1.55. The van der Waals surface area contributed by atoms with Gasteiger partial charge in [0.1, 0.15) is 5.60 Å². The molecule has 258 valence electrons. The summed E-state index contributed by atoms with van der Waals surface area (Å²) in [6.07, 6.45) is 12.6. The third kappa shape index (κ3) is 7.07. The van der Waals surface area contributed by atoms with E-state index in [1.807, 2.05) is 26.3 Å². The minimum Gasteiger partial charge on any atom is -0.481 e. The first-order chi connectivity index (χ1) is 20.8. The number of carbonyl (C=O) groups is 2. The second-order valence-corrected chi connectivity index (χ2v) is 20.0. The molecule has 45 heavy (non-hydrogen) atoms. The molecule has 0 aromatic carbocycles. The van der Waals surface area contributed by atoms with Crippen LogP contribution in [-0.2, 0) is 14.3 Å². The first-order valence-corrected chi connectivity index (χ1v) is 20.4. The van der Waals surface area contributed by atoms with Crippen LogP contribution in [0.3, 0.4) is 0 Å². The van der Waals surface area contributed by atoms with Crippen LogP contribution in [0.5, 0.6) is 0 Å². The minimum absolute atomic E-state index is 0.0137. The predicted octanol–water partition coefficient (Wildman–Crippen LogP) is 9.96. The van der Waals surface area contributed by atoms with E-state index in [4.69, 9.17) is 9.84 Å². The number of carbonyl (C=O) groups excluding carboxylic acids is 1. The number of aliphatic hydroxyl groups excluding tert-OH is 1. The summed E-state index contributed by atoms with van der Waals surface area (Å²) in [7, 11) is 3.07. The van der Waals surface area contributed by atoms with Crippen molar-refractivity contribution in [1.29, 1.82) is 0 Å². The molecule has 5 nitrogen and oxygen atoms in total. The van der Waals surface area contributed by atoms with E-state index < -0.39 is 11.6 Å². The largest absolute Gasteiger partial charge is 0.481 e. The van der Waals surface area contributed by atoms with Gasteiger partial charge in [-0.25, -0.2) is 0 Å². The second-order valence-electron chi connectivity index (χ2n) is 17.5. The zero-order chi connectivity index (χ0) is 33.6. The molecule has 0 radical (unpaired) electrons. The molecule has 0 saturated heterocycles. The zero-order valence-electron chi connectivity index (χ0n) is 30.1.